The first-order chi connectivity index (χ1) is 22.1. The number of anilines is 6. The third-order valence-electron chi connectivity index (χ3n) is 8.92. The molecule has 0 N–H and O–H groups in total. The van der Waals surface area contributed by atoms with Crippen molar-refractivity contribution in [2.45, 2.75) is 5.41 Å². The van der Waals surface area contributed by atoms with Crippen molar-refractivity contribution in [2.75, 3.05) is 33.7 Å². The molecule has 0 radical (unpaired) electrons. The van der Waals surface area contributed by atoms with Crippen molar-refractivity contribution in [3.63, 3.8) is 0 Å². The van der Waals surface area contributed by atoms with Crippen molar-refractivity contribution < 1.29 is 21.1 Å². The summed E-state index contributed by atoms with van der Waals surface area (Å²) in [6.45, 7) is 4.04. The molecule has 0 fully saturated rings. The van der Waals surface area contributed by atoms with E-state index in [-0.39, 0.29) is 21.1 Å². The molecule has 0 saturated heterocycles. The van der Waals surface area contributed by atoms with Crippen LogP contribution < -0.4 is 19.6 Å². The van der Waals surface area contributed by atoms with E-state index in [9.17, 15) is 0 Å². The second-order valence-electron chi connectivity index (χ2n) is 11.4. The van der Waals surface area contributed by atoms with Gasteiger partial charge in [-0.15, -0.1) is 29.2 Å². The number of hydrogen-bond donors (Lipinski definition) is 0. The zero-order valence-electron chi connectivity index (χ0n) is 24.9. The summed E-state index contributed by atoms with van der Waals surface area (Å²) < 4.78 is 0. The number of nitrogens with zero attached hydrogens (tertiary/aromatic N) is 8. The van der Waals surface area contributed by atoms with Crippen molar-refractivity contribution in [3.05, 3.63) is 158 Å². The minimum absolute atomic E-state index is 0. The summed E-state index contributed by atoms with van der Waals surface area (Å²) in [6.07, 6.45) is 6.87. The molecule has 2 aliphatic heterocycles. The molecule has 8 nitrogen and oxygen atoms in total. The predicted octanol–water partition coefficient (Wildman–Crippen LogP) is 6.64. The molecule has 4 aromatic carbocycles. The Kier molecular flexibility index (Phi) is 6.66. The molecule has 0 bridgehead atoms. The number of benzene rings is 4. The van der Waals surface area contributed by atoms with Gasteiger partial charge in [-0.2, -0.15) is 55.2 Å². The van der Waals surface area contributed by atoms with Gasteiger partial charge in [0.25, 0.3) is 0 Å². The van der Waals surface area contributed by atoms with E-state index in [2.05, 4.69) is 127 Å². The van der Waals surface area contributed by atoms with Gasteiger partial charge >= 0.3 is 21.1 Å². The van der Waals surface area contributed by atoms with E-state index in [0.717, 1.165) is 45.6 Å². The molecule has 2 aromatic heterocycles. The Morgan fingerprint density at radius 1 is 0.609 bits per heavy atom. The van der Waals surface area contributed by atoms with Crippen LogP contribution in [0.2, 0.25) is 0 Å². The maximum Gasteiger partial charge on any atom is 4.00 e. The Balaban J connectivity index is 0.00000312. The van der Waals surface area contributed by atoms with E-state index in [1.807, 2.05) is 43.4 Å². The molecule has 6 aromatic rings. The molecular formula is C37H26N8Pt. The van der Waals surface area contributed by atoms with Gasteiger partial charge in [0.2, 0.25) is 0 Å². The van der Waals surface area contributed by atoms with E-state index in [0.29, 0.717) is 0 Å². The molecule has 0 spiro atoms. The van der Waals surface area contributed by atoms with Crippen molar-refractivity contribution in [3.8, 4) is 11.1 Å². The van der Waals surface area contributed by atoms with Crippen molar-refractivity contribution in [1.29, 1.82) is 0 Å². The largest absolute Gasteiger partial charge is 4.00 e. The van der Waals surface area contributed by atoms with Gasteiger partial charge in [-0.1, -0.05) is 48.5 Å². The molecule has 0 atom stereocenters. The summed E-state index contributed by atoms with van der Waals surface area (Å²) >= 11 is 0. The smallest absolute Gasteiger partial charge is 0.501 e. The minimum atomic E-state index is -0.684. The SMILES string of the molecule is CN1[CH-]N(c2[c-]c(C3(c4[c-]c(N5[CH-]N(C)c6nccnc65)ccc4)c4ccccc4-c4ccccc43)ccc2)c2ncncc21.[Pt+4]. The van der Waals surface area contributed by atoms with Crippen LogP contribution in [0.1, 0.15) is 22.3 Å². The van der Waals surface area contributed by atoms with Gasteiger partial charge < -0.3 is 19.6 Å². The van der Waals surface area contributed by atoms with Crippen LogP contribution in [0.3, 0.4) is 0 Å². The van der Waals surface area contributed by atoms with Crippen LogP contribution in [0.4, 0.5) is 34.5 Å². The molecular weight excluding hydrogens is 752 g/mol. The average molecular weight is 778 g/mol. The Labute approximate surface area is 282 Å². The second-order valence-corrected chi connectivity index (χ2v) is 11.4. The summed E-state index contributed by atoms with van der Waals surface area (Å²) in [7, 11) is 3.99. The molecule has 9 rings (SSSR count). The van der Waals surface area contributed by atoms with Gasteiger partial charge in [-0.3, -0.25) is 0 Å². The van der Waals surface area contributed by atoms with E-state index < -0.39 is 5.41 Å². The van der Waals surface area contributed by atoms with Gasteiger partial charge in [0.1, 0.15) is 23.8 Å². The maximum atomic E-state index is 4.66. The van der Waals surface area contributed by atoms with Crippen LogP contribution >= 0.6 is 0 Å². The molecule has 1 aliphatic carbocycles. The fourth-order valence-corrected chi connectivity index (χ4v) is 7.01. The van der Waals surface area contributed by atoms with Gasteiger partial charge in [0, 0.05) is 17.8 Å². The van der Waals surface area contributed by atoms with Crippen LogP contribution in [0.25, 0.3) is 11.1 Å². The molecule has 4 heterocycles. The average Bonchev–Trinajstić information content (AvgIpc) is 3.73. The number of rotatable bonds is 4. The summed E-state index contributed by atoms with van der Waals surface area (Å²) in [4.78, 5) is 26.2. The van der Waals surface area contributed by atoms with E-state index in [1.165, 1.54) is 22.3 Å². The Bertz CT molecular complexity index is 1970. The monoisotopic (exact) mass is 777 g/mol. The number of hydrogen-bond acceptors (Lipinski definition) is 8. The third-order valence-corrected chi connectivity index (χ3v) is 8.92. The molecule has 3 aliphatic rings. The van der Waals surface area contributed by atoms with Crippen LogP contribution in [0, 0.1) is 25.5 Å². The summed E-state index contributed by atoms with van der Waals surface area (Å²) in [5.74, 6) is 2.40. The second kappa shape index (κ2) is 10.8. The summed E-state index contributed by atoms with van der Waals surface area (Å²) in [5, 5.41) is 0. The van der Waals surface area contributed by atoms with Crippen LogP contribution in [0.15, 0.2) is 110 Å². The first-order valence-corrected chi connectivity index (χ1v) is 14.7. The van der Waals surface area contributed by atoms with Crippen LogP contribution in [0.5, 0.6) is 0 Å². The number of fused-ring (bicyclic) bond motifs is 5. The van der Waals surface area contributed by atoms with Crippen molar-refractivity contribution in [2.24, 2.45) is 0 Å². The zero-order valence-corrected chi connectivity index (χ0v) is 27.2. The predicted molar refractivity (Wildman–Crippen MR) is 175 cm³/mol. The van der Waals surface area contributed by atoms with E-state index >= 15 is 0 Å². The van der Waals surface area contributed by atoms with Gasteiger partial charge in [0.05, 0.1) is 11.9 Å². The topological polar surface area (TPSA) is 64.5 Å². The standard InChI is InChI=1S/C37H26N8.Pt/c1-42-23-44(34-33(42)21-38-22-41-34)27-11-7-9-25(19-27)37(31-15-5-3-13-29(31)30-14-4-6-16-32(30)37)26-10-8-12-28(20-26)45-24-43(2)35-36(45)40-18-17-39-35;/h3-18,21-24H,1-2H3;/q-4;+4. The third kappa shape index (κ3) is 3.96. The molecule has 224 valence electrons. The summed E-state index contributed by atoms with van der Waals surface area (Å²) in [5.41, 5.74) is 8.89. The van der Waals surface area contributed by atoms with Crippen molar-refractivity contribution in [1.82, 2.24) is 19.9 Å². The molecule has 9 heteroatoms. The quantitative estimate of drug-likeness (QED) is 0.185. The van der Waals surface area contributed by atoms with Crippen molar-refractivity contribution >= 4 is 34.5 Å². The van der Waals surface area contributed by atoms with Gasteiger partial charge in [-0.05, 0) is 36.3 Å². The first-order valence-electron chi connectivity index (χ1n) is 14.7. The number of aromatic nitrogens is 4. The first kappa shape index (κ1) is 28.4. The van der Waals surface area contributed by atoms with E-state index in [4.69, 9.17) is 0 Å². The summed E-state index contributed by atoms with van der Waals surface area (Å²) in [6, 6.07) is 37.8. The fourth-order valence-electron chi connectivity index (χ4n) is 7.01. The zero-order chi connectivity index (χ0) is 30.1. The molecule has 0 amide bonds. The van der Waals surface area contributed by atoms with Gasteiger partial charge in [0.15, 0.2) is 0 Å². The van der Waals surface area contributed by atoms with Crippen LogP contribution in [-0.2, 0) is 26.5 Å². The molecule has 46 heavy (non-hydrogen) atoms. The van der Waals surface area contributed by atoms with Gasteiger partial charge in [-0.25, -0.2) is 19.9 Å². The normalized spacial score (nSPS) is 15.3. The maximum absolute atomic E-state index is 4.66. The van der Waals surface area contributed by atoms with E-state index in [1.54, 1.807) is 18.7 Å². The Morgan fingerprint density at radius 2 is 1.17 bits per heavy atom. The fraction of sp³-hybridized carbons (Fsp3) is 0.0811. The Hall–Kier alpha value is -5.07. The molecule has 0 unspecified atom stereocenters. The minimum Gasteiger partial charge on any atom is -0.501 e. The van der Waals surface area contributed by atoms with Crippen LogP contribution in [-0.4, -0.2) is 34.0 Å². The molecule has 0 saturated carbocycles. The Morgan fingerprint density at radius 3 is 1.83 bits per heavy atom.